The van der Waals surface area contributed by atoms with Crippen LogP contribution in [-0.2, 0) is 0 Å². The normalized spacial score (nSPS) is 22.6. The largest absolute Gasteiger partial charge is 0.381 e. The van der Waals surface area contributed by atoms with Crippen LogP contribution < -0.4 is 21.3 Å². The highest BCUT2D eigenvalue weighted by Gasteiger charge is 2.26. The smallest absolute Gasteiger partial charge is 0.0838 e. The molecule has 140 valence electrons. The Morgan fingerprint density at radius 1 is 1.11 bits per heavy atom. The van der Waals surface area contributed by atoms with Crippen LogP contribution in [0.5, 0.6) is 0 Å². The number of pyridine rings is 1. The van der Waals surface area contributed by atoms with Gasteiger partial charge in [-0.05, 0) is 42.5 Å². The fourth-order valence-electron chi connectivity index (χ4n) is 3.98. The van der Waals surface area contributed by atoms with Gasteiger partial charge in [0.15, 0.2) is 0 Å². The standard InChI is InChI=1S/C21H25N5S/c22-15-11-16(12-15)24-20-13-19(25-18-5-10-27-21(18)20)14-1-3-17(4-2-14)26-8-6-23-7-9-26/h1-5,10,13,15-16,23H,6-9,11-12,22H2,(H,24,25). The zero-order valence-corrected chi connectivity index (χ0v) is 16.1. The van der Waals surface area contributed by atoms with Gasteiger partial charge in [-0.15, -0.1) is 11.3 Å². The van der Waals surface area contributed by atoms with Crippen molar-refractivity contribution in [1.29, 1.82) is 0 Å². The predicted molar refractivity (Wildman–Crippen MR) is 115 cm³/mol. The highest BCUT2D eigenvalue weighted by atomic mass is 32.1. The molecule has 27 heavy (non-hydrogen) atoms. The van der Waals surface area contributed by atoms with E-state index in [1.165, 1.54) is 16.1 Å². The Bertz CT molecular complexity index is 923. The molecular formula is C21H25N5S. The number of nitrogens with one attached hydrogen (secondary N) is 2. The van der Waals surface area contributed by atoms with Crippen LogP contribution in [-0.4, -0.2) is 43.2 Å². The number of benzene rings is 1. The van der Waals surface area contributed by atoms with Crippen molar-refractivity contribution in [3.63, 3.8) is 0 Å². The summed E-state index contributed by atoms with van der Waals surface area (Å²) in [6, 6.07) is 14.0. The van der Waals surface area contributed by atoms with Gasteiger partial charge in [0.05, 0.1) is 21.6 Å². The molecule has 0 bridgehead atoms. The van der Waals surface area contributed by atoms with Crippen molar-refractivity contribution < 1.29 is 0 Å². The number of aromatic nitrogens is 1. The van der Waals surface area contributed by atoms with Crippen LogP contribution in [0.25, 0.3) is 21.5 Å². The summed E-state index contributed by atoms with van der Waals surface area (Å²) in [5, 5.41) is 9.21. The Kier molecular flexibility index (Phi) is 4.47. The topological polar surface area (TPSA) is 66.2 Å². The monoisotopic (exact) mass is 379 g/mol. The molecule has 5 nitrogen and oxygen atoms in total. The lowest BCUT2D eigenvalue weighted by molar-refractivity contribution is 0.374. The van der Waals surface area contributed by atoms with Gasteiger partial charge in [-0.25, -0.2) is 4.98 Å². The molecule has 5 rings (SSSR count). The van der Waals surface area contributed by atoms with Gasteiger partial charge in [-0.2, -0.15) is 0 Å². The molecule has 0 amide bonds. The summed E-state index contributed by atoms with van der Waals surface area (Å²) in [5.41, 5.74) is 11.7. The molecule has 1 aromatic carbocycles. The summed E-state index contributed by atoms with van der Waals surface area (Å²) in [6.45, 7) is 4.24. The quantitative estimate of drug-likeness (QED) is 0.649. The fourth-order valence-corrected chi connectivity index (χ4v) is 4.79. The number of nitrogens with two attached hydrogens (primary N) is 1. The molecule has 1 aliphatic carbocycles. The molecule has 2 aliphatic rings. The average Bonchev–Trinajstić information content (AvgIpc) is 3.16. The molecule has 0 atom stereocenters. The van der Waals surface area contributed by atoms with Crippen molar-refractivity contribution in [2.75, 3.05) is 36.4 Å². The Morgan fingerprint density at radius 3 is 2.63 bits per heavy atom. The number of anilines is 2. The van der Waals surface area contributed by atoms with Crippen molar-refractivity contribution in [2.24, 2.45) is 5.73 Å². The van der Waals surface area contributed by atoms with E-state index in [-0.39, 0.29) is 0 Å². The summed E-state index contributed by atoms with van der Waals surface area (Å²) in [4.78, 5) is 7.33. The maximum Gasteiger partial charge on any atom is 0.0838 e. The summed E-state index contributed by atoms with van der Waals surface area (Å²) >= 11 is 1.75. The van der Waals surface area contributed by atoms with E-state index in [0.29, 0.717) is 12.1 Å². The third-order valence-electron chi connectivity index (χ3n) is 5.59. The van der Waals surface area contributed by atoms with E-state index in [0.717, 1.165) is 55.8 Å². The first-order valence-corrected chi connectivity index (χ1v) is 10.6. The van der Waals surface area contributed by atoms with Gasteiger partial charge in [0.2, 0.25) is 0 Å². The van der Waals surface area contributed by atoms with Crippen molar-refractivity contribution in [1.82, 2.24) is 10.3 Å². The lowest BCUT2D eigenvalue weighted by Crippen LogP contribution is -2.44. The number of rotatable bonds is 4. The number of nitrogens with zero attached hydrogens (tertiary/aromatic N) is 2. The maximum absolute atomic E-state index is 5.95. The zero-order chi connectivity index (χ0) is 18.2. The molecule has 1 saturated carbocycles. The van der Waals surface area contributed by atoms with Gasteiger partial charge in [-0.1, -0.05) is 12.1 Å². The zero-order valence-electron chi connectivity index (χ0n) is 15.3. The van der Waals surface area contributed by atoms with Crippen LogP contribution in [0.4, 0.5) is 11.4 Å². The highest BCUT2D eigenvalue weighted by molar-refractivity contribution is 7.17. The first-order chi connectivity index (χ1) is 13.3. The number of hydrogen-bond acceptors (Lipinski definition) is 6. The molecule has 0 unspecified atom stereocenters. The number of hydrogen-bond donors (Lipinski definition) is 3. The van der Waals surface area contributed by atoms with Gasteiger partial charge < -0.3 is 21.3 Å². The molecule has 1 aliphatic heterocycles. The molecule has 1 saturated heterocycles. The fraction of sp³-hybridized carbons (Fsp3) is 0.381. The van der Waals surface area contributed by atoms with E-state index >= 15 is 0 Å². The van der Waals surface area contributed by atoms with Gasteiger partial charge in [0, 0.05) is 49.5 Å². The molecule has 2 fully saturated rings. The highest BCUT2D eigenvalue weighted by Crippen LogP contribution is 2.34. The van der Waals surface area contributed by atoms with Crippen molar-refractivity contribution in [3.05, 3.63) is 41.8 Å². The van der Waals surface area contributed by atoms with Crippen molar-refractivity contribution >= 4 is 32.9 Å². The van der Waals surface area contributed by atoms with E-state index < -0.39 is 0 Å². The molecule has 6 heteroatoms. The van der Waals surface area contributed by atoms with Gasteiger partial charge in [0.25, 0.3) is 0 Å². The lowest BCUT2D eigenvalue weighted by Gasteiger charge is -2.34. The molecule has 0 radical (unpaired) electrons. The Hall–Kier alpha value is -2.15. The second-order valence-electron chi connectivity index (χ2n) is 7.55. The summed E-state index contributed by atoms with van der Waals surface area (Å²) in [6.07, 6.45) is 2.09. The number of piperazine rings is 1. The summed E-state index contributed by atoms with van der Waals surface area (Å²) in [5.74, 6) is 0. The Labute approximate surface area is 163 Å². The lowest BCUT2D eigenvalue weighted by atomic mass is 9.87. The molecule has 2 aromatic heterocycles. The number of thiophene rings is 1. The van der Waals surface area contributed by atoms with E-state index in [2.05, 4.69) is 57.3 Å². The van der Waals surface area contributed by atoms with Crippen LogP contribution in [0.1, 0.15) is 12.8 Å². The Morgan fingerprint density at radius 2 is 1.89 bits per heavy atom. The average molecular weight is 380 g/mol. The minimum Gasteiger partial charge on any atom is -0.381 e. The van der Waals surface area contributed by atoms with E-state index in [4.69, 9.17) is 10.7 Å². The first-order valence-electron chi connectivity index (χ1n) is 9.73. The molecule has 3 heterocycles. The van der Waals surface area contributed by atoms with E-state index in [1.807, 2.05) is 0 Å². The van der Waals surface area contributed by atoms with Crippen LogP contribution in [0.2, 0.25) is 0 Å². The van der Waals surface area contributed by atoms with Crippen molar-refractivity contribution in [3.8, 4) is 11.3 Å². The molecular weight excluding hydrogens is 354 g/mol. The number of fused-ring (bicyclic) bond motifs is 1. The maximum atomic E-state index is 5.95. The first kappa shape index (κ1) is 17.0. The van der Waals surface area contributed by atoms with Crippen LogP contribution in [0, 0.1) is 0 Å². The van der Waals surface area contributed by atoms with Crippen LogP contribution >= 0.6 is 11.3 Å². The van der Waals surface area contributed by atoms with E-state index in [1.54, 1.807) is 11.3 Å². The van der Waals surface area contributed by atoms with Crippen LogP contribution in [0.15, 0.2) is 41.8 Å². The van der Waals surface area contributed by atoms with Gasteiger partial charge in [0.1, 0.15) is 0 Å². The molecule has 4 N–H and O–H groups in total. The SMILES string of the molecule is NC1CC(Nc2cc(-c3ccc(N4CCNCC4)cc3)nc3ccsc23)C1. The van der Waals surface area contributed by atoms with Crippen LogP contribution in [0.3, 0.4) is 0 Å². The Balaban J connectivity index is 1.43. The predicted octanol–water partition coefficient (Wildman–Crippen LogP) is 3.27. The van der Waals surface area contributed by atoms with Gasteiger partial charge in [-0.3, -0.25) is 0 Å². The molecule has 0 spiro atoms. The van der Waals surface area contributed by atoms with Gasteiger partial charge >= 0.3 is 0 Å². The minimum absolute atomic E-state index is 0.347. The third-order valence-corrected chi connectivity index (χ3v) is 6.53. The second-order valence-corrected chi connectivity index (χ2v) is 8.46. The third kappa shape index (κ3) is 3.40. The second kappa shape index (κ2) is 7.11. The minimum atomic E-state index is 0.347. The summed E-state index contributed by atoms with van der Waals surface area (Å²) < 4.78 is 1.23. The molecule has 3 aromatic rings. The summed E-state index contributed by atoms with van der Waals surface area (Å²) in [7, 11) is 0. The van der Waals surface area contributed by atoms with E-state index in [9.17, 15) is 0 Å². The van der Waals surface area contributed by atoms with Crippen molar-refractivity contribution in [2.45, 2.75) is 24.9 Å².